The fourth-order valence-electron chi connectivity index (χ4n) is 1.90. The van der Waals surface area contributed by atoms with Crippen molar-refractivity contribution in [3.63, 3.8) is 0 Å². The first-order valence-corrected chi connectivity index (χ1v) is 6.29. The van der Waals surface area contributed by atoms with Gasteiger partial charge < -0.3 is 0 Å². The Morgan fingerprint density at radius 3 is 2.47 bits per heavy atom. The summed E-state index contributed by atoms with van der Waals surface area (Å²) < 4.78 is 1.06. The number of rotatable bonds is 3. The molecule has 3 N–H and O–H groups in total. The van der Waals surface area contributed by atoms with Crippen molar-refractivity contribution in [1.82, 2.24) is 5.43 Å². The lowest BCUT2D eigenvalue weighted by Gasteiger charge is -2.18. The molecule has 17 heavy (non-hydrogen) atoms. The quantitative estimate of drug-likeness (QED) is 0.672. The molecule has 2 rings (SSSR count). The number of hydrogen-bond acceptors (Lipinski definition) is 2. The Balaban J connectivity index is 2.46. The number of aryl methyl sites for hydroxylation is 1. The van der Waals surface area contributed by atoms with Gasteiger partial charge in [0.15, 0.2) is 0 Å². The molecule has 2 aromatic carbocycles. The van der Waals surface area contributed by atoms with Gasteiger partial charge in [-0.2, -0.15) is 0 Å². The minimum atomic E-state index is 0.00507. The normalized spacial score (nSPS) is 12.4. The van der Waals surface area contributed by atoms with E-state index in [9.17, 15) is 0 Å². The van der Waals surface area contributed by atoms with Crippen LogP contribution in [-0.2, 0) is 0 Å². The van der Waals surface area contributed by atoms with Gasteiger partial charge in [0.1, 0.15) is 0 Å². The molecule has 0 saturated carbocycles. The van der Waals surface area contributed by atoms with E-state index in [2.05, 4.69) is 58.6 Å². The molecule has 0 aliphatic rings. The highest BCUT2D eigenvalue weighted by Gasteiger charge is 2.14. The maximum Gasteiger partial charge on any atom is 0.0721 e. The minimum absolute atomic E-state index is 0.00507. The van der Waals surface area contributed by atoms with Crippen molar-refractivity contribution in [3.05, 3.63) is 69.7 Å². The van der Waals surface area contributed by atoms with Crippen molar-refractivity contribution in [2.24, 2.45) is 5.84 Å². The van der Waals surface area contributed by atoms with Crippen LogP contribution in [0.15, 0.2) is 53.0 Å². The van der Waals surface area contributed by atoms with Crippen LogP contribution in [0.2, 0.25) is 0 Å². The molecule has 3 heteroatoms. The molecule has 1 unspecified atom stereocenters. The van der Waals surface area contributed by atoms with E-state index in [0.29, 0.717) is 0 Å². The molecule has 0 saturated heterocycles. The first-order valence-electron chi connectivity index (χ1n) is 5.49. The van der Waals surface area contributed by atoms with Gasteiger partial charge in [-0.15, -0.1) is 0 Å². The highest BCUT2D eigenvalue weighted by molar-refractivity contribution is 9.10. The summed E-state index contributed by atoms with van der Waals surface area (Å²) in [5.74, 6) is 5.68. The maximum absolute atomic E-state index is 5.68. The van der Waals surface area contributed by atoms with Crippen LogP contribution < -0.4 is 11.3 Å². The van der Waals surface area contributed by atoms with Crippen molar-refractivity contribution in [3.8, 4) is 0 Å². The van der Waals surface area contributed by atoms with Crippen molar-refractivity contribution in [2.75, 3.05) is 0 Å². The summed E-state index contributed by atoms with van der Waals surface area (Å²) in [5.41, 5.74) is 6.40. The van der Waals surface area contributed by atoms with Gasteiger partial charge in [0.25, 0.3) is 0 Å². The SMILES string of the molecule is Cc1ccc(Br)c(C(NN)c2ccccc2)c1. The third kappa shape index (κ3) is 2.75. The Kier molecular flexibility index (Phi) is 3.94. The molecule has 0 bridgehead atoms. The summed E-state index contributed by atoms with van der Waals surface area (Å²) in [6.45, 7) is 2.08. The number of nitrogens with two attached hydrogens (primary N) is 1. The van der Waals surface area contributed by atoms with Crippen LogP contribution in [0.3, 0.4) is 0 Å². The van der Waals surface area contributed by atoms with E-state index in [4.69, 9.17) is 5.84 Å². The standard InChI is InChI=1S/C14H15BrN2/c1-10-7-8-13(15)12(9-10)14(17-16)11-5-3-2-4-6-11/h2-9,14,17H,16H2,1H3. The van der Waals surface area contributed by atoms with Crippen molar-refractivity contribution in [2.45, 2.75) is 13.0 Å². The third-order valence-corrected chi connectivity index (χ3v) is 3.48. The van der Waals surface area contributed by atoms with E-state index in [0.717, 1.165) is 15.6 Å². The lowest BCUT2D eigenvalue weighted by atomic mass is 9.98. The predicted octanol–water partition coefficient (Wildman–Crippen LogP) is 3.31. The molecule has 0 aliphatic heterocycles. The molecular weight excluding hydrogens is 276 g/mol. The van der Waals surface area contributed by atoms with Crippen LogP contribution in [0.4, 0.5) is 0 Å². The van der Waals surface area contributed by atoms with E-state index in [-0.39, 0.29) is 6.04 Å². The summed E-state index contributed by atoms with van der Waals surface area (Å²) in [5, 5.41) is 0. The molecule has 0 heterocycles. The average molecular weight is 291 g/mol. The number of hydrogen-bond donors (Lipinski definition) is 2. The van der Waals surface area contributed by atoms with Crippen LogP contribution in [0.1, 0.15) is 22.7 Å². The second-order valence-corrected chi connectivity index (χ2v) is 4.89. The molecule has 0 radical (unpaired) electrons. The molecular formula is C14H15BrN2. The van der Waals surface area contributed by atoms with Crippen molar-refractivity contribution >= 4 is 15.9 Å². The van der Waals surface area contributed by atoms with Crippen LogP contribution in [-0.4, -0.2) is 0 Å². The first-order chi connectivity index (χ1) is 8.22. The Labute approximate surface area is 110 Å². The maximum atomic E-state index is 5.68. The van der Waals surface area contributed by atoms with Gasteiger partial charge in [-0.25, -0.2) is 5.43 Å². The monoisotopic (exact) mass is 290 g/mol. The predicted molar refractivity (Wildman–Crippen MR) is 74.5 cm³/mol. The summed E-state index contributed by atoms with van der Waals surface area (Å²) in [6.07, 6.45) is 0. The Bertz CT molecular complexity index is 497. The van der Waals surface area contributed by atoms with E-state index < -0.39 is 0 Å². The molecule has 0 amide bonds. The van der Waals surface area contributed by atoms with Crippen LogP contribution in [0, 0.1) is 6.92 Å². The summed E-state index contributed by atoms with van der Waals surface area (Å²) in [4.78, 5) is 0. The molecule has 0 aliphatic carbocycles. The Hall–Kier alpha value is -1.16. The fraction of sp³-hybridized carbons (Fsp3) is 0.143. The zero-order chi connectivity index (χ0) is 12.3. The topological polar surface area (TPSA) is 38.0 Å². The summed E-state index contributed by atoms with van der Waals surface area (Å²) in [6, 6.07) is 16.4. The smallest absolute Gasteiger partial charge is 0.0721 e. The van der Waals surface area contributed by atoms with Gasteiger partial charge in [-0.1, -0.05) is 64.0 Å². The molecule has 2 aromatic rings. The summed E-state index contributed by atoms with van der Waals surface area (Å²) >= 11 is 3.57. The minimum Gasteiger partial charge on any atom is -0.271 e. The van der Waals surface area contributed by atoms with Crippen LogP contribution in [0.5, 0.6) is 0 Å². The largest absolute Gasteiger partial charge is 0.271 e. The zero-order valence-electron chi connectivity index (χ0n) is 9.65. The fourth-order valence-corrected chi connectivity index (χ4v) is 2.37. The first kappa shape index (κ1) is 12.3. The van der Waals surface area contributed by atoms with Gasteiger partial charge in [0.05, 0.1) is 6.04 Å². The van der Waals surface area contributed by atoms with Crippen LogP contribution >= 0.6 is 15.9 Å². The molecule has 0 aromatic heterocycles. The van der Waals surface area contributed by atoms with Gasteiger partial charge >= 0.3 is 0 Å². The zero-order valence-corrected chi connectivity index (χ0v) is 11.2. The number of hydrazine groups is 1. The van der Waals surface area contributed by atoms with E-state index >= 15 is 0 Å². The molecule has 2 nitrogen and oxygen atoms in total. The second kappa shape index (κ2) is 5.45. The average Bonchev–Trinajstić information content (AvgIpc) is 2.36. The van der Waals surface area contributed by atoms with Gasteiger partial charge in [-0.05, 0) is 24.1 Å². The summed E-state index contributed by atoms with van der Waals surface area (Å²) in [7, 11) is 0. The molecule has 1 atom stereocenters. The molecule has 0 spiro atoms. The van der Waals surface area contributed by atoms with E-state index in [1.165, 1.54) is 5.56 Å². The van der Waals surface area contributed by atoms with Crippen LogP contribution in [0.25, 0.3) is 0 Å². The van der Waals surface area contributed by atoms with Crippen molar-refractivity contribution < 1.29 is 0 Å². The number of nitrogens with one attached hydrogen (secondary N) is 1. The number of benzene rings is 2. The van der Waals surface area contributed by atoms with E-state index in [1.807, 2.05) is 18.2 Å². The van der Waals surface area contributed by atoms with E-state index in [1.54, 1.807) is 0 Å². The lowest BCUT2D eigenvalue weighted by molar-refractivity contribution is 0.634. The lowest BCUT2D eigenvalue weighted by Crippen LogP contribution is -2.29. The third-order valence-electron chi connectivity index (χ3n) is 2.76. The van der Waals surface area contributed by atoms with Gasteiger partial charge in [-0.3, -0.25) is 5.84 Å². The number of halogens is 1. The van der Waals surface area contributed by atoms with Gasteiger partial charge in [0.2, 0.25) is 0 Å². The second-order valence-electron chi connectivity index (χ2n) is 4.04. The van der Waals surface area contributed by atoms with Crippen molar-refractivity contribution in [1.29, 1.82) is 0 Å². The highest BCUT2D eigenvalue weighted by Crippen LogP contribution is 2.28. The molecule has 88 valence electrons. The van der Waals surface area contributed by atoms with Gasteiger partial charge in [0, 0.05) is 4.47 Å². The highest BCUT2D eigenvalue weighted by atomic mass is 79.9. The Morgan fingerprint density at radius 2 is 1.82 bits per heavy atom. The Morgan fingerprint density at radius 1 is 1.12 bits per heavy atom. The molecule has 0 fully saturated rings.